The topological polar surface area (TPSA) is 69.7 Å². The first-order valence-electron chi connectivity index (χ1n) is 6.78. The number of hydrogen-bond donors (Lipinski definition) is 2. The van der Waals surface area contributed by atoms with Crippen LogP contribution >= 0.6 is 0 Å². The molecule has 20 heavy (non-hydrogen) atoms. The summed E-state index contributed by atoms with van der Waals surface area (Å²) in [7, 11) is 1.66. The van der Waals surface area contributed by atoms with Crippen molar-refractivity contribution in [1.29, 1.82) is 0 Å². The van der Waals surface area contributed by atoms with E-state index in [1.54, 1.807) is 7.11 Å². The van der Waals surface area contributed by atoms with Gasteiger partial charge in [-0.3, -0.25) is 5.84 Å². The lowest BCUT2D eigenvalue weighted by atomic mass is 10.1. The predicted molar refractivity (Wildman–Crippen MR) is 78.3 cm³/mol. The molecule has 0 amide bonds. The molecule has 0 aliphatic heterocycles. The molecule has 5 heteroatoms. The van der Waals surface area contributed by atoms with E-state index in [4.69, 9.17) is 19.7 Å². The summed E-state index contributed by atoms with van der Waals surface area (Å²) < 4.78 is 16.3. The van der Waals surface area contributed by atoms with Crippen molar-refractivity contribution in [3.63, 3.8) is 0 Å². The maximum Gasteiger partial charge on any atom is 0.137 e. The minimum absolute atomic E-state index is 0.0515. The third-order valence-corrected chi connectivity index (χ3v) is 3.29. The van der Waals surface area contributed by atoms with Crippen LogP contribution in [0.25, 0.3) is 11.0 Å². The Balaban J connectivity index is 2.00. The van der Waals surface area contributed by atoms with E-state index >= 15 is 0 Å². The zero-order chi connectivity index (χ0) is 14.4. The van der Waals surface area contributed by atoms with E-state index in [1.165, 1.54) is 0 Å². The number of ether oxygens (including phenoxy) is 2. The standard InChI is InChI=1S/C15H22N2O3/c1-11-4-3-5-12-10-14(20-15(11)12)13(17-16)6-7-19-9-8-18-2/h3-5,10,13,17H,6-9,16H2,1-2H3. The first-order chi connectivity index (χ1) is 9.76. The lowest BCUT2D eigenvalue weighted by Crippen LogP contribution is -2.28. The monoisotopic (exact) mass is 278 g/mol. The number of methoxy groups -OCH3 is 1. The van der Waals surface area contributed by atoms with Gasteiger partial charge in [-0.25, -0.2) is 5.43 Å². The molecule has 1 heterocycles. The molecule has 0 saturated heterocycles. The number of para-hydroxylation sites is 1. The van der Waals surface area contributed by atoms with Gasteiger partial charge in [0.2, 0.25) is 0 Å². The lowest BCUT2D eigenvalue weighted by molar-refractivity contribution is 0.0649. The van der Waals surface area contributed by atoms with E-state index < -0.39 is 0 Å². The van der Waals surface area contributed by atoms with E-state index in [0.717, 1.165) is 28.7 Å². The fraction of sp³-hybridized carbons (Fsp3) is 0.467. The van der Waals surface area contributed by atoms with Crippen molar-refractivity contribution in [1.82, 2.24) is 5.43 Å². The van der Waals surface area contributed by atoms with Crippen LogP contribution in [-0.2, 0) is 9.47 Å². The maximum absolute atomic E-state index is 5.91. The minimum atomic E-state index is -0.0515. The maximum atomic E-state index is 5.91. The fourth-order valence-corrected chi connectivity index (χ4v) is 2.15. The van der Waals surface area contributed by atoms with Gasteiger partial charge in [-0.1, -0.05) is 18.2 Å². The molecular weight excluding hydrogens is 256 g/mol. The molecule has 2 rings (SSSR count). The normalized spacial score (nSPS) is 12.9. The Morgan fingerprint density at radius 3 is 2.85 bits per heavy atom. The van der Waals surface area contributed by atoms with Crippen LogP contribution in [0.3, 0.4) is 0 Å². The predicted octanol–water partition coefficient (Wildman–Crippen LogP) is 2.30. The van der Waals surface area contributed by atoms with Crippen LogP contribution in [0.4, 0.5) is 0 Å². The Kier molecular flexibility index (Phi) is 5.55. The van der Waals surface area contributed by atoms with Crippen LogP contribution in [0.1, 0.15) is 23.8 Å². The smallest absolute Gasteiger partial charge is 0.137 e. The second-order valence-corrected chi connectivity index (χ2v) is 4.76. The highest BCUT2D eigenvalue weighted by atomic mass is 16.5. The quantitative estimate of drug-likeness (QED) is 0.440. The average Bonchev–Trinajstić information content (AvgIpc) is 2.88. The second kappa shape index (κ2) is 7.40. The van der Waals surface area contributed by atoms with Gasteiger partial charge in [0.05, 0.1) is 19.3 Å². The molecule has 0 aliphatic carbocycles. The van der Waals surface area contributed by atoms with Crippen LogP contribution in [0.2, 0.25) is 0 Å². The third-order valence-electron chi connectivity index (χ3n) is 3.29. The second-order valence-electron chi connectivity index (χ2n) is 4.76. The number of nitrogens with one attached hydrogen (secondary N) is 1. The van der Waals surface area contributed by atoms with Crippen molar-refractivity contribution >= 4 is 11.0 Å². The zero-order valence-corrected chi connectivity index (χ0v) is 12.0. The van der Waals surface area contributed by atoms with E-state index in [9.17, 15) is 0 Å². The molecule has 1 unspecified atom stereocenters. The number of furan rings is 1. The summed E-state index contributed by atoms with van der Waals surface area (Å²) in [4.78, 5) is 0. The Morgan fingerprint density at radius 2 is 2.15 bits per heavy atom. The van der Waals surface area contributed by atoms with Gasteiger partial charge < -0.3 is 13.9 Å². The van der Waals surface area contributed by atoms with Gasteiger partial charge in [0.25, 0.3) is 0 Å². The molecule has 0 fully saturated rings. The van der Waals surface area contributed by atoms with Crippen LogP contribution in [0.15, 0.2) is 28.7 Å². The summed E-state index contributed by atoms with van der Waals surface area (Å²) >= 11 is 0. The summed E-state index contributed by atoms with van der Waals surface area (Å²) in [6.07, 6.45) is 0.749. The van der Waals surface area contributed by atoms with Gasteiger partial charge in [0.1, 0.15) is 11.3 Å². The number of hydrazine groups is 1. The molecule has 5 nitrogen and oxygen atoms in total. The Labute approximate surface area is 119 Å². The molecule has 3 N–H and O–H groups in total. The molecule has 0 spiro atoms. The number of hydrogen-bond acceptors (Lipinski definition) is 5. The highest BCUT2D eigenvalue weighted by Gasteiger charge is 2.15. The van der Waals surface area contributed by atoms with Crippen LogP contribution in [0, 0.1) is 6.92 Å². The summed E-state index contributed by atoms with van der Waals surface area (Å²) in [5, 5.41) is 1.10. The molecule has 2 aromatic rings. The molecule has 1 aromatic carbocycles. The third kappa shape index (κ3) is 3.58. The Bertz CT molecular complexity index is 539. The number of fused-ring (bicyclic) bond motifs is 1. The lowest BCUT2D eigenvalue weighted by Gasteiger charge is -2.13. The summed E-state index contributed by atoms with van der Waals surface area (Å²) in [5.41, 5.74) is 4.83. The SMILES string of the molecule is COCCOCCC(NN)c1cc2cccc(C)c2o1. The van der Waals surface area contributed by atoms with Crippen molar-refractivity contribution < 1.29 is 13.9 Å². The van der Waals surface area contributed by atoms with Crippen LogP contribution in [0.5, 0.6) is 0 Å². The molecule has 0 saturated carbocycles. The van der Waals surface area contributed by atoms with Gasteiger partial charge in [-0.15, -0.1) is 0 Å². The first kappa shape index (κ1) is 15.0. The van der Waals surface area contributed by atoms with Crippen LogP contribution in [-0.4, -0.2) is 26.9 Å². The van der Waals surface area contributed by atoms with Crippen molar-refractivity contribution in [3.05, 3.63) is 35.6 Å². The average molecular weight is 278 g/mol. The summed E-state index contributed by atoms with van der Waals surface area (Å²) in [6.45, 7) is 3.83. The minimum Gasteiger partial charge on any atom is -0.459 e. The van der Waals surface area contributed by atoms with Crippen LogP contribution < -0.4 is 11.3 Å². The van der Waals surface area contributed by atoms with E-state index in [2.05, 4.69) is 5.43 Å². The number of nitrogens with two attached hydrogens (primary N) is 1. The van der Waals surface area contributed by atoms with Gasteiger partial charge in [0, 0.05) is 19.1 Å². The first-order valence-corrected chi connectivity index (χ1v) is 6.78. The summed E-state index contributed by atoms with van der Waals surface area (Å²) in [5.74, 6) is 6.46. The van der Waals surface area contributed by atoms with Gasteiger partial charge >= 0.3 is 0 Å². The highest BCUT2D eigenvalue weighted by molar-refractivity contribution is 5.80. The van der Waals surface area contributed by atoms with E-state index in [-0.39, 0.29) is 6.04 Å². The molecule has 0 radical (unpaired) electrons. The van der Waals surface area contributed by atoms with Crippen molar-refractivity contribution in [2.75, 3.05) is 26.9 Å². The molecule has 1 atom stereocenters. The largest absolute Gasteiger partial charge is 0.459 e. The highest BCUT2D eigenvalue weighted by Crippen LogP contribution is 2.27. The molecule has 1 aromatic heterocycles. The number of aryl methyl sites for hydroxylation is 1. The molecule has 0 bridgehead atoms. The summed E-state index contributed by atoms with van der Waals surface area (Å²) in [6, 6.07) is 8.08. The Morgan fingerprint density at radius 1 is 1.30 bits per heavy atom. The van der Waals surface area contributed by atoms with E-state index in [1.807, 2.05) is 31.2 Å². The molecule has 0 aliphatic rings. The van der Waals surface area contributed by atoms with Crippen molar-refractivity contribution in [2.24, 2.45) is 5.84 Å². The fourth-order valence-electron chi connectivity index (χ4n) is 2.15. The van der Waals surface area contributed by atoms with Gasteiger partial charge in [-0.2, -0.15) is 0 Å². The van der Waals surface area contributed by atoms with Crippen molar-refractivity contribution in [3.8, 4) is 0 Å². The molecule has 110 valence electrons. The number of rotatable bonds is 8. The van der Waals surface area contributed by atoms with E-state index in [0.29, 0.717) is 19.8 Å². The Hall–Kier alpha value is -1.40. The van der Waals surface area contributed by atoms with Crippen molar-refractivity contribution in [2.45, 2.75) is 19.4 Å². The molecular formula is C15H22N2O3. The van der Waals surface area contributed by atoms with Gasteiger partial charge in [-0.05, 0) is 25.0 Å². The number of benzene rings is 1. The zero-order valence-electron chi connectivity index (χ0n) is 12.0. The van der Waals surface area contributed by atoms with Gasteiger partial charge in [0.15, 0.2) is 0 Å².